The first-order chi connectivity index (χ1) is 12.2. The van der Waals surface area contributed by atoms with Crippen LogP contribution < -0.4 is 5.32 Å². The van der Waals surface area contributed by atoms with Gasteiger partial charge in [-0.25, -0.2) is 4.39 Å². The first-order valence-electron chi connectivity index (χ1n) is 7.63. The summed E-state index contributed by atoms with van der Waals surface area (Å²) in [7, 11) is 1.33. The van der Waals surface area contributed by atoms with Crippen molar-refractivity contribution in [1.29, 1.82) is 0 Å². The van der Waals surface area contributed by atoms with Crippen molar-refractivity contribution in [1.82, 2.24) is 9.36 Å². The lowest BCUT2D eigenvalue weighted by Crippen LogP contribution is -2.22. The number of nitrogens with zero attached hydrogens (tertiary/aromatic N) is 2. The van der Waals surface area contributed by atoms with Gasteiger partial charge >= 0.3 is 5.97 Å². The van der Waals surface area contributed by atoms with E-state index in [1.54, 1.807) is 12.1 Å². The number of carbonyl (C=O) groups is 1. The van der Waals surface area contributed by atoms with E-state index in [2.05, 4.69) is 14.7 Å². The molecule has 0 aliphatic rings. The summed E-state index contributed by atoms with van der Waals surface area (Å²) in [5.74, 6) is -0.678. The van der Waals surface area contributed by atoms with Crippen LogP contribution >= 0.6 is 11.5 Å². The number of carbonyl (C=O) groups excluding carboxylic acids is 1. The third-order valence-corrected chi connectivity index (χ3v) is 4.35. The molecule has 25 heavy (non-hydrogen) atoms. The highest BCUT2D eigenvalue weighted by molar-refractivity contribution is 7.09. The van der Waals surface area contributed by atoms with Gasteiger partial charge in [0.15, 0.2) is 5.82 Å². The monoisotopic (exact) mass is 357 g/mol. The lowest BCUT2D eigenvalue weighted by molar-refractivity contribution is -0.142. The molecule has 0 radical (unpaired) electrons. The van der Waals surface area contributed by atoms with Crippen molar-refractivity contribution in [2.45, 2.75) is 5.92 Å². The maximum absolute atomic E-state index is 13.1. The Hall–Kier alpha value is -2.80. The average molecular weight is 357 g/mol. The summed E-state index contributed by atoms with van der Waals surface area (Å²) in [6.07, 6.45) is 0. The van der Waals surface area contributed by atoms with Crippen molar-refractivity contribution < 1.29 is 13.9 Å². The van der Waals surface area contributed by atoms with Crippen molar-refractivity contribution >= 4 is 22.6 Å². The zero-order chi connectivity index (χ0) is 17.6. The van der Waals surface area contributed by atoms with Crippen molar-refractivity contribution in [2.24, 2.45) is 0 Å². The SMILES string of the molecule is COC(=O)C(CNc1nc(-c2ccccc2)ns1)c1ccc(F)cc1. The van der Waals surface area contributed by atoms with E-state index in [4.69, 9.17) is 4.74 Å². The highest BCUT2D eigenvalue weighted by Crippen LogP contribution is 2.23. The van der Waals surface area contributed by atoms with Crippen LogP contribution in [0.15, 0.2) is 54.6 Å². The molecule has 0 aliphatic carbocycles. The Labute approximate surface area is 148 Å². The predicted octanol–water partition coefficient (Wildman–Crippen LogP) is 3.71. The first-order valence-corrected chi connectivity index (χ1v) is 8.41. The Morgan fingerprint density at radius 3 is 2.60 bits per heavy atom. The molecule has 1 atom stereocenters. The summed E-state index contributed by atoms with van der Waals surface area (Å²) < 4.78 is 22.3. The number of hydrogen-bond acceptors (Lipinski definition) is 6. The van der Waals surface area contributed by atoms with Crippen LogP contribution in [0.4, 0.5) is 9.52 Å². The van der Waals surface area contributed by atoms with Gasteiger partial charge in [0.05, 0.1) is 13.0 Å². The van der Waals surface area contributed by atoms with E-state index >= 15 is 0 Å². The molecule has 0 aliphatic heterocycles. The van der Waals surface area contributed by atoms with Crippen molar-refractivity contribution in [3.8, 4) is 11.4 Å². The molecule has 0 bridgehead atoms. The van der Waals surface area contributed by atoms with Gasteiger partial charge in [-0.1, -0.05) is 42.5 Å². The third kappa shape index (κ3) is 4.19. The Morgan fingerprint density at radius 1 is 1.20 bits per heavy atom. The molecule has 5 nitrogen and oxygen atoms in total. The van der Waals surface area contributed by atoms with E-state index in [-0.39, 0.29) is 12.4 Å². The molecule has 0 saturated heterocycles. The zero-order valence-corrected chi connectivity index (χ0v) is 14.3. The molecule has 0 fully saturated rings. The maximum atomic E-state index is 13.1. The van der Waals surface area contributed by atoms with E-state index in [0.29, 0.717) is 16.5 Å². The molecular weight excluding hydrogens is 341 g/mol. The standard InChI is InChI=1S/C18H16FN3O2S/c1-24-17(23)15(12-7-9-14(19)10-8-12)11-20-18-21-16(22-25-18)13-5-3-2-4-6-13/h2-10,15H,11H2,1H3,(H,20,21,22). The largest absolute Gasteiger partial charge is 0.468 e. The second-order valence-corrected chi connectivity index (χ2v) is 6.05. The molecule has 128 valence electrons. The topological polar surface area (TPSA) is 64.1 Å². The summed E-state index contributed by atoms with van der Waals surface area (Å²) in [5.41, 5.74) is 1.60. The number of nitrogens with one attached hydrogen (secondary N) is 1. The minimum absolute atomic E-state index is 0.279. The summed E-state index contributed by atoms with van der Waals surface area (Å²) in [6.45, 7) is 0.279. The molecular formula is C18H16FN3O2S. The Balaban J connectivity index is 1.72. The maximum Gasteiger partial charge on any atom is 0.314 e. The lowest BCUT2D eigenvalue weighted by Gasteiger charge is -2.15. The van der Waals surface area contributed by atoms with Crippen LogP contribution in [0.1, 0.15) is 11.5 Å². The number of rotatable bonds is 6. The fourth-order valence-corrected chi connectivity index (χ4v) is 2.96. The Morgan fingerprint density at radius 2 is 1.92 bits per heavy atom. The number of ether oxygens (including phenoxy) is 1. The summed E-state index contributed by atoms with van der Waals surface area (Å²) in [4.78, 5) is 16.5. The van der Waals surface area contributed by atoms with Crippen LogP contribution in [0.3, 0.4) is 0 Å². The van der Waals surface area contributed by atoms with Crippen LogP contribution in [0.2, 0.25) is 0 Å². The van der Waals surface area contributed by atoms with E-state index in [9.17, 15) is 9.18 Å². The summed E-state index contributed by atoms with van der Waals surface area (Å²) >= 11 is 1.22. The van der Waals surface area contributed by atoms with Crippen LogP contribution in [-0.4, -0.2) is 29.0 Å². The van der Waals surface area contributed by atoms with Crippen LogP contribution in [0.25, 0.3) is 11.4 Å². The van der Waals surface area contributed by atoms with E-state index in [1.165, 1.54) is 30.8 Å². The first kappa shape index (κ1) is 17.0. The number of halogens is 1. The highest BCUT2D eigenvalue weighted by atomic mass is 32.1. The van der Waals surface area contributed by atoms with Gasteiger partial charge in [-0.3, -0.25) is 4.79 Å². The fourth-order valence-electron chi connectivity index (χ4n) is 2.36. The van der Waals surface area contributed by atoms with Gasteiger partial charge in [0.1, 0.15) is 5.82 Å². The molecule has 0 saturated carbocycles. The fraction of sp³-hybridized carbons (Fsp3) is 0.167. The molecule has 1 heterocycles. The van der Waals surface area contributed by atoms with Crippen molar-refractivity contribution in [3.63, 3.8) is 0 Å². The Kier molecular flexibility index (Phi) is 5.35. The van der Waals surface area contributed by atoms with E-state index < -0.39 is 11.9 Å². The summed E-state index contributed by atoms with van der Waals surface area (Å²) in [5, 5.41) is 3.72. The molecule has 1 N–H and O–H groups in total. The molecule has 3 rings (SSSR count). The van der Waals surface area contributed by atoms with E-state index in [0.717, 1.165) is 5.56 Å². The van der Waals surface area contributed by atoms with Gasteiger partial charge in [0, 0.05) is 23.6 Å². The number of esters is 1. The van der Waals surface area contributed by atoms with Gasteiger partial charge in [-0.15, -0.1) is 0 Å². The number of methoxy groups -OCH3 is 1. The van der Waals surface area contributed by atoms with Gasteiger partial charge in [0.2, 0.25) is 5.13 Å². The lowest BCUT2D eigenvalue weighted by atomic mass is 9.99. The quantitative estimate of drug-likeness (QED) is 0.681. The number of benzene rings is 2. The molecule has 0 amide bonds. The molecule has 0 spiro atoms. The van der Waals surface area contributed by atoms with Crippen molar-refractivity contribution in [2.75, 3.05) is 19.0 Å². The van der Waals surface area contributed by atoms with E-state index in [1.807, 2.05) is 30.3 Å². The molecule has 1 unspecified atom stereocenters. The zero-order valence-electron chi connectivity index (χ0n) is 13.5. The van der Waals surface area contributed by atoms with Gasteiger partial charge in [-0.05, 0) is 17.7 Å². The highest BCUT2D eigenvalue weighted by Gasteiger charge is 2.22. The smallest absolute Gasteiger partial charge is 0.314 e. The third-order valence-electron chi connectivity index (χ3n) is 3.67. The molecule has 3 aromatic rings. The second-order valence-electron chi connectivity index (χ2n) is 5.30. The van der Waals surface area contributed by atoms with Crippen molar-refractivity contribution in [3.05, 3.63) is 66.0 Å². The van der Waals surface area contributed by atoms with Gasteiger partial charge in [0.25, 0.3) is 0 Å². The number of aromatic nitrogens is 2. The van der Waals surface area contributed by atoms with Crippen LogP contribution in [-0.2, 0) is 9.53 Å². The van der Waals surface area contributed by atoms with Crippen LogP contribution in [0.5, 0.6) is 0 Å². The summed E-state index contributed by atoms with van der Waals surface area (Å²) in [6, 6.07) is 15.4. The Bertz CT molecular complexity index is 837. The minimum Gasteiger partial charge on any atom is -0.468 e. The number of anilines is 1. The minimum atomic E-state index is -0.560. The predicted molar refractivity (Wildman–Crippen MR) is 95.0 cm³/mol. The average Bonchev–Trinajstić information content (AvgIpc) is 3.13. The van der Waals surface area contributed by atoms with Gasteiger partial charge in [-0.2, -0.15) is 9.36 Å². The second kappa shape index (κ2) is 7.85. The number of hydrogen-bond donors (Lipinski definition) is 1. The van der Waals surface area contributed by atoms with Gasteiger partial charge < -0.3 is 10.1 Å². The molecule has 2 aromatic carbocycles. The molecule has 7 heteroatoms. The molecule has 1 aromatic heterocycles. The normalized spacial score (nSPS) is 11.8. The van der Waals surface area contributed by atoms with Crippen LogP contribution in [0, 0.1) is 5.82 Å².